The number of thioether (sulfide) groups is 1. The minimum absolute atomic E-state index is 0.384. The fourth-order valence-corrected chi connectivity index (χ4v) is 1.22. The summed E-state index contributed by atoms with van der Waals surface area (Å²) in [5, 5.41) is 11.1. The molecule has 1 unspecified atom stereocenters. The van der Waals surface area contributed by atoms with Crippen LogP contribution in [0.1, 0.15) is 21.1 Å². The topological polar surface area (TPSA) is 66.4 Å². The van der Waals surface area contributed by atoms with E-state index in [1.807, 2.05) is 6.26 Å². The zero-order valence-electron chi connectivity index (χ0n) is 8.74. The first-order chi connectivity index (χ1) is 6.49. The van der Waals surface area contributed by atoms with Crippen LogP contribution in [0.3, 0.4) is 0 Å². The third-order valence-corrected chi connectivity index (χ3v) is 2.13. The Kier molecular flexibility index (Phi) is 5.40. The van der Waals surface area contributed by atoms with Crippen LogP contribution in [0.15, 0.2) is 0 Å². The number of carbonyl (C=O) groups excluding carboxylic acids is 1. The van der Waals surface area contributed by atoms with E-state index in [1.165, 1.54) is 18.7 Å². The summed E-state index contributed by atoms with van der Waals surface area (Å²) in [7, 11) is 0. The first-order valence-corrected chi connectivity index (χ1v) is 5.32. The molecule has 13 heavy (non-hydrogen) atoms. The maximum absolute atomic E-state index is 11.1. The molecule has 0 spiro atoms. The van der Waals surface area contributed by atoms with Crippen molar-refractivity contribution < 1.29 is 16.1 Å². The van der Waals surface area contributed by atoms with Crippen LogP contribution in [0.5, 0.6) is 0 Å². The highest BCUT2D eigenvalue weighted by atomic mass is 32.2. The third kappa shape index (κ3) is 5.52. The fourth-order valence-electron chi connectivity index (χ4n) is 0.748. The predicted octanol–water partition coefficient (Wildman–Crippen LogP) is 0.719. The number of carbonyl (C=O) groups is 2. The summed E-state index contributed by atoms with van der Waals surface area (Å²) < 4.78 is 7.08. The molecule has 76 valence electrons. The van der Waals surface area contributed by atoms with Crippen LogP contribution in [-0.2, 0) is 9.59 Å². The van der Waals surface area contributed by atoms with E-state index in [-0.39, 0.29) is 0 Å². The molecular weight excluding hydrogens is 190 g/mol. The summed E-state index contributed by atoms with van der Waals surface area (Å²) in [6.07, 6.45) is 1.33. The largest absolute Gasteiger partial charge is 0.480 e. The number of hydrogen-bond acceptors (Lipinski definition) is 3. The Hall–Kier alpha value is -0.710. The van der Waals surface area contributed by atoms with E-state index in [2.05, 4.69) is 5.32 Å². The van der Waals surface area contributed by atoms with E-state index in [1.54, 1.807) is 0 Å². The van der Waals surface area contributed by atoms with Gasteiger partial charge in [0.25, 0.3) is 0 Å². The molecule has 0 radical (unpaired) electrons. The maximum Gasteiger partial charge on any atom is 0.326 e. The Labute approximate surface area is 83.5 Å². The lowest BCUT2D eigenvalue weighted by atomic mass is 10.2. The van der Waals surface area contributed by atoms with Gasteiger partial charge in [0, 0.05) is 7.77 Å². The molecule has 5 heteroatoms. The summed E-state index contributed by atoms with van der Waals surface area (Å²) in [4.78, 5) is 21.7. The first kappa shape index (κ1) is 10.4. The van der Waals surface area contributed by atoms with Crippen molar-refractivity contribution in [3.63, 3.8) is 0 Å². The van der Waals surface area contributed by atoms with Gasteiger partial charge in [-0.05, 0) is 18.4 Å². The Morgan fingerprint density at radius 1 is 1.69 bits per heavy atom. The van der Waals surface area contributed by atoms with E-state index < -0.39 is 24.3 Å². The van der Waals surface area contributed by atoms with Gasteiger partial charge in [-0.25, -0.2) is 4.79 Å². The van der Waals surface area contributed by atoms with E-state index in [0.717, 1.165) is 0 Å². The van der Waals surface area contributed by atoms with E-state index >= 15 is 0 Å². The van der Waals surface area contributed by atoms with E-state index in [4.69, 9.17) is 6.48 Å². The minimum Gasteiger partial charge on any atom is -0.480 e. The van der Waals surface area contributed by atoms with Crippen LogP contribution in [0.2, 0.25) is 0 Å². The second-order valence-corrected chi connectivity index (χ2v) is 3.46. The smallest absolute Gasteiger partial charge is 0.326 e. The van der Waals surface area contributed by atoms with Crippen LogP contribution >= 0.6 is 11.8 Å². The standard InChI is InChI=1S/C8H15NO3S/c1-3-7(10)9-6(8(11)12)4-5-13-2/h6H,3-5H2,1-2H3,(H,9,10)(H,11,12)/t6-/m0/s1/i3D/t3?,6-. The molecule has 0 aromatic carbocycles. The Morgan fingerprint density at radius 3 is 2.69 bits per heavy atom. The number of amides is 1. The van der Waals surface area contributed by atoms with Crippen LogP contribution in [0.25, 0.3) is 0 Å². The molecule has 2 N–H and O–H groups in total. The van der Waals surface area contributed by atoms with Crippen LogP contribution in [-0.4, -0.2) is 35.0 Å². The normalized spacial score (nSPS) is 15.7. The average Bonchev–Trinajstić information content (AvgIpc) is 2.10. The van der Waals surface area contributed by atoms with Gasteiger partial charge in [-0.3, -0.25) is 4.79 Å². The Balaban J connectivity index is 4.09. The first-order valence-electron chi connectivity index (χ1n) is 4.51. The van der Waals surface area contributed by atoms with Crippen LogP contribution in [0.4, 0.5) is 0 Å². The van der Waals surface area contributed by atoms with Crippen LogP contribution < -0.4 is 5.32 Å². The van der Waals surface area contributed by atoms with Crippen molar-refractivity contribution in [1.82, 2.24) is 5.32 Å². The summed E-state index contributed by atoms with van der Waals surface area (Å²) in [5.41, 5.74) is 0. The number of aliphatic carboxylic acids is 1. The van der Waals surface area contributed by atoms with Gasteiger partial charge < -0.3 is 10.4 Å². The summed E-state index contributed by atoms with van der Waals surface area (Å²) >= 11 is 1.52. The van der Waals surface area contributed by atoms with Crippen molar-refractivity contribution in [2.75, 3.05) is 12.0 Å². The van der Waals surface area contributed by atoms with Gasteiger partial charge >= 0.3 is 5.97 Å². The molecule has 0 aliphatic rings. The molecule has 0 saturated heterocycles. The molecule has 0 aliphatic carbocycles. The second-order valence-electron chi connectivity index (χ2n) is 2.47. The molecule has 0 fully saturated rings. The van der Waals surface area contributed by atoms with Crippen molar-refractivity contribution in [1.29, 1.82) is 0 Å². The lowest BCUT2D eigenvalue weighted by Gasteiger charge is -2.12. The van der Waals surface area contributed by atoms with E-state index in [9.17, 15) is 9.59 Å². The zero-order valence-corrected chi connectivity index (χ0v) is 8.56. The number of carboxylic acid groups (broad SMARTS) is 1. The third-order valence-electron chi connectivity index (χ3n) is 1.49. The number of rotatable bonds is 6. The molecule has 2 atom stereocenters. The van der Waals surface area contributed by atoms with Gasteiger partial charge in [-0.15, -0.1) is 0 Å². The predicted molar refractivity (Wildman–Crippen MR) is 52.9 cm³/mol. The Morgan fingerprint density at radius 2 is 2.31 bits per heavy atom. The molecule has 0 aliphatic heterocycles. The van der Waals surface area contributed by atoms with Crippen LogP contribution in [0, 0.1) is 0 Å². The summed E-state index contributed by atoms with van der Waals surface area (Å²) in [5.74, 6) is -0.921. The van der Waals surface area contributed by atoms with Crippen molar-refractivity contribution in [3.05, 3.63) is 0 Å². The minimum atomic E-state index is -1.05. The van der Waals surface area contributed by atoms with Crippen molar-refractivity contribution in [3.8, 4) is 0 Å². The molecule has 1 amide bonds. The van der Waals surface area contributed by atoms with Crippen molar-refractivity contribution in [2.24, 2.45) is 0 Å². The van der Waals surface area contributed by atoms with Gasteiger partial charge in [0.05, 0.1) is 0 Å². The monoisotopic (exact) mass is 206 g/mol. The lowest BCUT2D eigenvalue weighted by Crippen LogP contribution is -2.40. The highest BCUT2D eigenvalue weighted by Gasteiger charge is 2.17. The SMILES string of the molecule is [2H]C(C)C(=O)N[C@@H](CCSC)C(=O)O. The fraction of sp³-hybridized carbons (Fsp3) is 0.750. The summed E-state index contributed by atoms with van der Waals surface area (Å²) in [6, 6.07) is -0.872. The molecule has 0 rings (SSSR count). The van der Waals surface area contributed by atoms with Crippen molar-refractivity contribution in [2.45, 2.75) is 25.8 Å². The molecule has 0 bridgehead atoms. The number of nitrogens with one attached hydrogen (secondary N) is 1. The molecule has 0 saturated carbocycles. The second kappa shape index (κ2) is 6.77. The van der Waals surface area contributed by atoms with Crippen molar-refractivity contribution >= 4 is 23.6 Å². The molecule has 0 aromatic heterocycles. The van der Waals surface area contributed by atoms with Gasteiger partial charge in [0.15, 0.2) is 0 Å². The van der Waals surface area contributed by atoms with Gasteiger partial charge in [0.2, 0.25) is 5.91 Å². The van der Waals surface area contributed by atoms with Gasteiger partial charge in [0.1, 0.15) is 6.04 Å². The quantitative estimate of drug-likeness (QED) is 0.672. The highest BCUT2D eigenvalue weighted by molar-refractivity contribution is 7.98. The highest BCUT2D eigenvalue weighted by Crippen LogP contribution is 2.01. The molecule has 0 aromatic rings. The number of hydrogen-bond donors (Lipinski definition) is 2. The number of carboxylic acids is 1. The average molecular weight is 206 g/mol. The Bertz CT molecular complexity index is 211. The molecule has 4 nitrogen and oxygen atoms in total. The maximum atomic E-state index is 11.1. The summed E-state index contributed by atoms with van der Waals surface area (Å²) in [6.45, 7) is 1.41. The van der Waals surface area contributed by atoms with Gasteiger partial charge in [-0.1, -0.05) is 6.92 Å². The lowest BCUT2D eigenvalue weighted by molar-refractivity contribution is -0.141. The molecule has 0 heterocycles. The van der Waals surface area contributed by atoms with Gasteiger partial charge in [-0.2, -0.15) is 11.8 Å². The molecular formula is C8H15NO3S. The zero-order chi connectivity index (χ0) is 11.1. The van der Waals surface area contributed by atoms with E-state index in [0.29, 0.717) is 12.2 Å².